The van der Waals surface area contributed by atoms with Gasteiger partial charge in [0, 0.05) is 18.7 Å². The number of aryl methyl sites for hydroxylation is 2. The van der Waals surface area contributed by atoms with Gasteiger partial charge in [-0.25, -0.2) is 0 Å². The van der Waals surface area contributed by atoms with E-state index in [1.54, 1.807) is 0 Å². The van der Waals surface area contributed by atoms with Gasteiger partial charge in [0.1, 0.15) is 0 Å². The molecule has 2 unspecified atom stereocenters. The lowest BCUT2D eigenvalue weighted by molar-refractivity contribution is 0.0297. The van der Waals surface area contributed by atoms with Crippen LogP contribution in [0, 0.1) is 5.92 Å². The van der Waals surface area contributed by atoms with Gasteiger partial charge >= 0.3 is 0 Å². The summed E-state index contributed by atoms with van der Waals surface area (Å²) in [7, 11) is 0. The Morgan fingerprint density at radius 1 is 1.25 bits per heavy atom. The van der Waals surface area contributed by atoms with Crippen LogP contribution in [0.2, 0.25) is 0 Å². The van der Waals surface area contributed by atoms with Crippen LogP contribution >= 0.6 is 0 Å². The molecule has 1 aromatic carbocycles. The van der Waals surface area contributed by atoms with Crippen LogP contribution in [0.1, 0.15) is 47.7 Å². The molecule has 1 N–H and O–H groups in total. The molecule has 1 aliphatic heterocycles. The summed E-state index contributed by atoms with van der Waals surface area (Å²) in [5.41, 5.74) is 3.58. The Hall–Kier alpha value is -1.35. The number of rotatable bonds is 1. The zero-order valence-electron chi connectivity index (χ0n) is 12.1. The Bertz CT molecular complexity index is 512. The predicted octanol–water partition coefficient (Wildman–Crippen LogP) is 2.41. The molecule has 1 aliphatic carbocycles. The number of amides is 1. The molecule has 3 heteroatoms. The maximum Gasteiger partial charge on any atom is 0.253 e. The van der Waals surface area contributed by atoms with E-state index in [9.17, 15) is 9.90 Å². The van der Waals surface area contributed by atoms with Crippen molar-refractivity contribution in [2.24, 2.45) is 5.92 Å². The third kappa shape index (κ3) is 2.59. The van der Waals surface area contributed by atoms with Gasteiger partial charge in [-0.05, 0) is 61.3 Å². The summed E-state index contributed by atoms with van der Waals surface area (Å²) in [4.78, 5) is 14.5. The zero-order valence-corrected chi connectivity index (χ0v) is 12.1. The van der Waals surface area contributed by atoms with E-state index in [1.165, 1.54) is 24.0 Å². The molecular weight excluding hydrogens is 250 g/mol. The van der Waals surface area contributed by atoms with Gasteiger partial charge in [-0.2, -0.15) is 0 Å². The largest absolute Gasteiger partial charge is 0.393 e. The Morgan fingerprint density at radius 2 is 2.00 bits per heavy atom. The number of hydrogen-bond acceptors (Lipinski definition) is 2. The van der Waals surface area contributed by atoms with Gasteiger partial charge < -0.3 is 10.0 Å². The van der Waals surface area contributed by atoms with Crippen molar-refractivity contribution < 1.29 is 9.90 Å². The molecule has 1 amide bonds. The van der Waals surface area contributed by atoms with Gasteiger partial charge in [0.15, 0.2) is 0 Å². The van der Waals surface area contributed by atoms with E-state index < -0.39 is 0 Å². The molecule has 20 heavy (non-hydrogen) atoms. The molecular formula is C17H23NO2. The predicted molar refractivity (Wildman–Crippen MR) is 78.8 cm³/mol. The van der Waals surface area contributed by atoms with Crippen LogP contribution < -0.4 is 0 Å². The normalized spacial score (nSPS) is 26.2. The van der Waals surface area contributed by atoms with Crippen LogP contribution in [0.5, 0.6) is 0 Å². The van der Waals surface area contributed by atoms with Crippen LogP contribution in [0.4, 0.5) is 0 Å². The zero-order chi connectivity index (χ0) is 14.1. The van der Waals surface area contributed by atoms with E-state index in [0.29, 0.717) is 19.5 Å². The highest BCUT2D eigenvalue weighted by atomic mass is 16.3. The second-order valence-electron chi connectivity index (χ2n) is 6.28. The smallest absolute Gasteiger partial charge is 0.253 e. The number of carbonyl (C=O) groups excluding carboxylic acids is 1. The number of nitrogens with zero attached hydrogens (tertiary/aromatic N) is 1. The number of benzene rings is 1. The average molecular weight is 273 g/mol. The fraction of sp³-hybridized carbons (Fsp3) is 0.588. The Balaban J connectivity index is 1.77. The van der Waals surface area contributed by atoms with E-state index in [1.807, 2.05) is 17.9 Å². The van der Waals surface area contributed by atoms with Gasteiger partial charge in [-0.3, -0.25) is 4.79 Å². The Kier molecular flexibility index (Phi) is 3.79. The lowest BCUT2D eigenvalue weighted by Crippen LogP contribution is -2.45. The minimum atomic E-state index is -0.261. The Morgan fingerprint density at radius 3 is 2.75 bits per heavy atom. The average Bonchev–Trinajstić information content (AvgIpc) is 2.49. The van der Waals surface area contributed by atoms with E-state index >= 15 is 0 Å². The molecule has 108 valence electrons. The molecule has 0 saturated carbocycles. The minimum absolute atomic E-state index is 0.122. The molecule has 0 spiro atoms. The summed E-state index contributed by atoms with van der Waals surface area (Å²) in [6, 6.07) is 6.19. The number of likely N-dealkylation sites (tertiary alicyclic amines) is 1. The molecule has 0 bridgehead atoms. The Labute approximate surface area is 120 Å². The fourth-order valence-corrected chi connectivity index (χ4v) is 3.37. The van der Waals surface area contributed by atoms with Crippen molar-refractivity contribution in [2.45, 2.75) is 45.1 Å². The van der Waals surface area contributed by atoms with E-state index in [-0.39, 0.29) is 17.9 Å². The van der Waals surface area contributed by atoms with Gasteiger partial charge in [-0.1, -0.05) is 13.0 Å². The highest BCUT2D eigenvalue weighted by Gasteiger charge is 2.28. The van der Waals surface area contributed by atoms with Crippen molar-refractivity contribution in [3.63, 3.8) is 0 Å². The third-order valence-electron chi connectivity index (χ3n) is 4.74. The molecule has 2 aliphatic rings. The fourth-order valence-electron chi connectivity index (χ4n) is 3.37. The molecule has 3 rings (SSSR count). The first-order chi connectivity index (χ1) is 9.65. The molecule has 1 aromatic rings. The van der Waals surface area contributed by atoms with Crippen molar-refractivity contribution in [2.75, 3.05) is 13.1 Å². The molecule has 3 nitrogen and oxygen atoms in total. The maximum absolute atomic E-state index is 12.6. The van der Waals surface area contributed by atoms with Gasteiger partial charge in [0.2, 0.25) is 0 Å². The summed E-state index contributed by atoms with van der Waals surface area (Å²) in [5.74, 6) is 0.294. The van der Waals surface area contributed by atoms with Crippen LogP contribution in [0.15, 0.2) is 18.2 Å². The summed E-state index contributed by atoms with van der Waals surface area (Å²) in [6.07, 6.45) is 5.18. The number of hydrogen-bond donors (Lipinski definition) is 1. The molecule has 0 radical (unpaired) electrons. The summed E-state index contributed by atoms with van der Waals surface area (Å²) in [6.45, 7) is 3.34. The van der Waals surface area contributed by atoms with Crippen LogP contribution in [-0.2, 0) is 12.8 Å². The lowest BCUT2D eigenvalue weighted by atomic mass is 9.90. The highest BCUT2D eigenvalue weighted by molar-refractivity contribution is 5.94. The second kappa shape index (κ2) is 5.57. The lowest BCUT2D eigenvalue weighted by Gasteiger charge is -2.34. The van der Waals surface area contributed by atoms with Crippen molar-refractivity contribution in [1.82, 2.24) is 4.90 Å². The first kappa shape index (κ1) is 13.6. The molecule has 1 saturated heterocycles. The third-order valence-corrected chi connectivity index (χ3v) is 4.74. The van der Waals surface area contributed by atoms with Crippen LogP contribution in [-0.4, -0.2) is 35.1 Å². The first-order valence-electron chi connectivity index (χ1n) is 7.74. The number of aliphatic hydroxyl groups is 1. The van der Waals surface area contributed by atoms with Crippen LogP contribution in [0.25, 0.3) is 0 Å². The van der Waals surface area contributed by atoms with E-state index in [0.717, 1.165) is 18.4 Å². The van der Waals surface area contributed by atoms with Crippen molar-refractivity contribution in [3.8, 4) is 0 Å². The molecule has 1 fully saturated rings. The maximum atomic E-state index is 12.6. The van der Waals surface area contributed by atoms with E-state index in [2.05, 4.69) is 12.1 Å². The van der Waals surface area contributed by atoms with Crippen LogP contribution in [0.3, 0.4) is 0 Å². The minimum Gasteiger partial charge on any atom is -0.393 e. The summed E-state index contributed by atoms with van der Waals surface area (Å²) in [5, 5.41) is 9.77. The second-order valence-corrected chi connectivity index (χ2v) is 6.28. The first-order valence-corrected chi connectivity index (χ1v) is 7.74. The van der Waals surface area contributed by atoms with Crippen molar-refractivity contribution in [3.05, 3.63) is 34.9 Å². The molecule has 1 heterocycles. The monoisotopic (exact) mass is 273 g/mol. The topological polar surface area (TPSA) is 40.5 Å². The molecule has 0 aromatic heterocycles. The SMILES string of the molecule is CC1CN(C(=O)c2ccc3c(c2)CCCC3)CCC1O. The number of aliphatic hydroxyl groups excluding tert-OH is 1. The summed E-state index contributed by atoms with van der Waals surface area (Å²) < 4.78 is 0. The standard InChI is InChI=1S/C17H23NO2/c1-12-11-18(9-8-16(12)19)17(20)15-7-6-13-4-2-3-5-14(13)10-15/h6-7,10,12,16,19H,2-5,8-9,11H2,1H3. The van der Waals surface area contributed by atoms with Gasteiger partial charge in [0.25, 0.3) is 5.91 Å². The highest BCUT2D eigenvalue weighted by Crippen LogP contribution is 2.24. The summed E-state index contributed by atoms with van der Waals surface area (Å²) >= 11 is 0. The van der Waals surface area contributed by atoms with Crippen molar-refractivity contribution >= 4 is 5.91 Å². The van der Waals surface area contributed by atoms with Gasteiger partial charge in [-0.15, -0.1) is 0 Å². The number of fused-ring (bicyclic) bond motifs is 1. The molecule has 2 atom stereocenters. The quantitative estimate of drug-likeness (QED) is 0.853. The van der Waals surface area contributed by atoms with E-state index in [4.69, 9.17) is 0 Å². The van der Waals surface area contributed by atoms with Crippen molar-refractivity contribution in [1.29, 1.82) is 0 Å². The number of piperidine rings is 1. The number of carbonyl (C=O) groups is 1. The van der Waals surface area contributed by atoms with Gasteiger partial charge in [0.05, 0.1) is 6.10 Å².